The fraction of sp³-hybridized carbons (Fsp3) is 0.941. The Morgan fingerprint density at radius 1 is 1.30 bits per heavy atom. The van der Waals surface area contributed by atoms with Gasteiger partial charge in [-0.25, -0.2) is 0 Å². The Morgan fingerprint density at radius 3 is 2.65 bits per heavy atom. The van der Waals surface area contributed by atoms with Gasteiger partial charge in [-0.3, -0.25) is 9.89 Å². The molecule has 1 rings (SSSR count). The fourth-order valence-electron chi connectivity index (χ4n) is 2.75. The first kappa shape index (κ1) is 22.9. The molecule has 1 atom stereocenters. The van der Waals surface area contributed by atoms with E-state index in [9.17, 15) is 0 Å². The molecule has 2 N–H and O–H groups in total. The van der Waals surface area contributed by atoms with Crippen molar-refractivity contribution in [3.05, 3.63) is 0 Å². The molecule has 23 heavy (non-hydrogen) atoms. The molecule has 6 heteroatoms. The largest absolute Gasteiger partial charge is 0.377 e. The van der Waals surface area contributed by atoms with Crippen molar-refractivity contribution in [3.63, 3.8) is 0 Å². The zero-order valence-corrected chi connectivity index (χ0v) is 18.0. The molecule has 0 spiro atoms. The Labute approximate surface area is 160 Å². The van der Waals surface area contributed by atoms with E-state index in [-0.39, 0.29) is 29.6 Å². The Bertz CT molecular complexity index is 337. The van der Waals surface area contributed by atoms with Gasteiger partial charge < -0.3 is 15.4 Å². The lowest BCUT2D eigenvalue weighted by Gasteiger charge is -2.36. The molecular formula is C17H37IN4O. The van der Waals surface area contributed by atoms with Gasteiger partial charge in [-0.2, -0.15) is 0 Å². The Morgan fingerprint density at radius 2 is 2.04 bits per heavy atom. The minimum atomic E-state index is -0.185. The third-order valence-corrected chi connectivity index (χ3v) is 4.51. The number of nitrogens with zero attached hydrogens (tertiary/aromatic N) is 2. The first-order chi connectivity index (χ1) is 10.5. The summed E-state index contributed by atoms with van der Waals surface area (Å²) in [5.74, 6) is 0.867. The average Bonchev–Trinajstić information content (AvgIpc) is 2.54. The second kappa shape index (κ2) is 12.3. The van der Waals surface area contributed by atoms with E-state index in [4.69, 9.17) is 4.74 Å². The van der Waals surface area contributed by atoms with Gasteiger partial charge in [0, 0.05) is 33.3 Å². The monoisotopic (exact) mass is 440 g/mol. The standard InChI is InChI=1S/C17H36N4O.HI/c1-6-7-11-21-12-9-8-10-15(21)13-19-16(18-4)20-14-17(2,3)22-5;/h15H,6-14H2,1-5H3,(H2,18,19,20);1H. The van der Waals surface area contributed by atoms with Gasteiger partial charge in [-0.05, 0) is 46.2 Å². The van der Waals surface area contributed by atoms with Crippen LogP contribution in [0.4, 0.5) is 0 Å². The lowest BCUT2D eigenvalue weighted by Crippen LogP contribution is -2.51. The van der Waals surface area contributed by atoms with Crippen LogP contribution in [0.2, 0.25) is 0 Å². The van der Waals surface area contributed by atoms with Crippen molar-refractivity contribution in [2.45, 2.75) is 64.5 Å². The number of unbranched alkanes of at least 4 members (excludes halogenated alkanes) is 1. The van der Waals surface area contributed by atoms with Crippen molar-refractivity contribution >= 4 is 29.9 Å². The maximum atomic E-state index is 5.43. The van der Waals surface area contributed by atoms with E-state index in [1.54, 1.807) is 7.11 Å². The molecule has 0 aliphatic carbocycles. The van der Waals surface area contributed by atoms with Crippen LogP contribution >= 0.6 is 24.0 Å². The maximum absolute atomic E-state index is 5.43. The smallest absolute Gasteiger partial charge is 0.191 e. The second-order valence-electron chi connectivity index (χ2n) is 6.81. The Balaban J connectivity index is 0.00000484. The highest BCUT2D eigenvalue weighted by atomic mass is 127. The first-order valence-corrected chi connectivity index (χ1v) is 8.76. The van der Waals surface area contributed by atoms with E-state index in [2.05, 4.69) is 41.3 Å². The molecule has 1 aliphatic heterocycles. The number of hydrogen-bond acceptors (Lipinski definition) is 3. The van der Waals surface area contributed by atoms with E-state index in [0.717, 1.165) is 19.0 Å². The van der Waals surface area contributed by atoms with E-state index in [1.807, 2.05) is 7.05 Å². The molecule has 1 unspecified atom stereocenters. The SMILES string of the molecule is CCCCN1CCCCC1CNC(=NC)NCC(C)(C)OC.I. The summed E-state index contributed by atoms with van der Waals surface area (Å²) in [6.07, 6.45) is 6.54. The predicted octanol–water partition coefficient (Wildman–Crippen LogP) is 2.85. The highest BCUT2D eigenvalue weighted by Gasteiger charge is 2.22. The summed E-state index contributed by atoms with van der Waals surface area (Å²) in [4.78, 5) is 6.96. The molecule has 0 amide bonds. The summed E-state index contributed by atoms with van der Waals surface area (Å²) < 4.78 is 5.43. The van der Waals surface area contributed by atoms with Gasteiger partial charge in [0.05, 0.1) is 5.60 Å². The molecule has 0 aromatic carbocycles. The molecule has 1 aliphatic rings. The molecular weight excluding hydrogens is 403 g/mol. The van der Waals surface area contributed by atoms with Gasteiger partial charge in [-0.15, -0.1) is 24.0 Å². The highest BCUT2D eigenvalue weighted by molar-refractivity contribution is 14.0. The van der Waals surface area contributed by atoms with Crippen LogP contribution in [0.1, 0.15) is 52.9 Å². The van der Waals surface area contributed by atoms with Crippen molar-refractivity contribution in [1.82, 2.24) is 15.5 Å². The number of guanidine groups is 1. The quantitative estimate of drug-likeness (QED) is 0.346. The number of methoxy groups -OCH3 is 1. The van der Waals surface area contributed by atoms with Gasteiger partial charge >= 0.3 is 0 Å². The number of hydrogen-bond donors (Lipinski definition) is 2. The third-order valence-electron chi connectivity index (χ3n) is 4.51. The lowest BCUT2D eigenvalue weighted by atomic mass is 10.0. The molecule has 0 aromatic heterocycles. The van der Waals surface area contributed by atoms with Crippen LogP contribution in [0.5, 0.6) is 0 Å². The van der Waals surface area contributed by atoms with Crippen LogP contribution < -0.4 is 10.6 Å². The molecule has 138 valence electrons. The summed E-state index contributed by atoms with van der Waals surface area (Å²) in [6.45, 7) is 10.6. The topological polar surface area (TPSA) is 48.9 Å². The van der Waals surface area contributed by atoms with E-state index >= 15 is 0 Å². The Kier molecular flexibility index (Phi) is 12.3. The summed E-state index contributed by atoms with van der Waals surface area (Å²) in [5, 5.41) is 6.84. The zero-order chi connectivity index (χ0) is 16.4. The molecule has 5 nitrogen and oxygen atoms in total. The van der Waals surface area contributed by atoms with Gasteiger partial charge in [0.1, 0.15) is 0 Å². The molecule has 1 saturated heterocycles. The van der Waals surface area contributed by atoms with Crippen LogP contribution in [0.15, 0.2) is 4.99 Å². The Hall–Kier alpha value is -0.0800. The summed E-state index contributed by atoms with van der Waals surface area (Å²) in [7, 11) is 3.57. The lowest BCUT2D eigenvalue weighted by molar-refractivity contribution is 0.0268. The van der Waals surface area contributed by atoms with Crippen molar-refractivity contribution in [1.29, 1.82) is 0 Å². The summed E-state index contributed by atoms with van der Waals surface area (Å²) in [6, 6.07) is 0.634. The van der Waals surface area contributed by atoms with Crippen LogP contribution in [0, 0.1) is 0 Å². The number of ether oxygens (including phenoxy) is 1. The number of aliphatic imine (C=N–C) groups is 1. The molecule has 0 bridgehead atoms. The van der Waals surface area contributed by atoms with Gasteiger partial charge in [0.2, 0.25) is 0 Å². The normalized spacial score (nSPS) is 20.0. The van der Waals surface area contributed by atoms with E-state index in [0.29, 0.717) is 6.04 Å². The second-order valence-corrected chi connectivity index (χ2v) is 6.81. The maximum Gasteiger partial charge on any atom is 0.191 e. The molecule has 1 fully saturated rings. The number of rotatable bonds is 8. The van der Waals surface area contributed by atoms with Gasteiger partial charge in [0.25, 0.3) is 0 Å². The van der Waals surface area contributed by atoms with Crippen LogP contribution in [0.3, 0.4) is 0 Å². The molecule has 0 saturated carbocycles. The number of likely N-dealkylation sites (tertiary alicyclic amines) is 1. The minimum Gasteiger partial charge on any atom is -0.377 e. The van der Waals surface area contributed by atoms with Crippen molar-refractivity contribution in [2.75, 3.05) is 40.3 Å². The highest BCUT2D eigenvalue weighted by Crippen LogP contribution is 2.17. The molecule has 0 radical (unpaired) electrons. The number of piperidine rings is 1. The zero-order valence-electron chi connectivity index (χ0n) is 15.7. The van der Waals surface area contributed by atoms with E-state index in [1.165, 1.54) is 45.2 Å². The fourth-order valence-corrected chi connectivity index (χ4v) is 2.75. The van der Waals surface area contributed by atoms with Gasteiger partial charge in [-0.1, -0.05) is 19.8 Å². The van der Waals surface area contributed by atoms with Crippen LogP contribution in [-0.4, -0.2) is 62.8 Å². The molecule has 0 aromatic rings. The van der Waals surface area contributed by atoms with Crippen molar-refractivity contribution in [3.8, 4) is 0 Å². The predicted molar refractivity (Wildman–Crippen MR) is 110 cm³/mol. The molecule has 1 heterocycles. The summed E-state index contributed by atoms with van der Waals surface area (Å²) in [5.41, 5.74) is -0.185. The third kappa shape index (κ3) is 9.10. The van der Waals surface area contributed by atoms with Crippen LogP contribution in [-0.2, 0) is 4.74 Å². The van der Waals surface area contributed by atoms with Gasteiger partial charge in [0.15, 0.2) is 5.96 Å². The summed E-state index contributed by atoms with van der Waals surface area (Å²) >= 11 is 0. The number of halogens is 1. The minimum absolute atomic E-state index is 0. The van der Waals surface area contributed by atoms with Crippen LogP contribution in [0.25, 0.3) is 0 Å². The first-order valence-electron chi connectivity index (χ1n) is 8.76. The number of nitrogens with one attached hydrogen (secondary N) is 2. The van der Waals surface area contributed by atoms with Crippen molar-refractivity contribution < 1.29 is 4.74 Å². The average molecular weight is 440 g/mol. The van der Waals surface area contributed by atoms with E-state index < -0.39 is 0 Å². The van der Waals surface area contributed by atoms with Crippen molar-refractivity contribution in [2.24, 2.45) is 4.99 Å².